The van der Waals surface area contributed by atoms with E-state index < -0.39 is 0 Å². The molecule has 0 N–H and O–H groups in total. The molecule has 0 spiro atoms. The molecule has 0 aliphatic carbocycles. The molecule has 5 heteroatoms. The largest absolute Gasteiger partial charge is 0.497 e. The Labute approximate surface area is 155 Å². The van der Waals surface area contributed by atoms with Gasteiger partial charge in [0.15, 0.2) is 5.82 Å². The van der Waals surface area contributed by atoms with Crippen LogP contribution < -0.4 is 9.64 Å². The van der Waals surface area contributed by atoms with E-state index in [1.807, 2.05) is 6.07 Å². The molecule has 1 aromatic heterocycles. The van der Waals surface area contributed by atoms with Gasteiger partial charge in [0.05, 0.1) is 12.8 Å². The van der Waals surface area contributed by atoms with Crippen LogP contribution in [0.1, 0.15) is 55.0 Å². The maximum absolute atomic E-state index is 9.71. The quantitative estimate of drug-likeness (QED) is 0.819. The monoisotopic (exact) mass is 350 g/mol. The SMILES string of the molecule is CCc1nnc(N2CCC(c3cccc(OC)c3)CC2)c(C#N)c1CC. The van der Waals surface area contributed by atoms with Crippen LogP contribution in [0.2, 0.25) is 0 Å². The van der Waals surface area contributed by atoms with E-state index in [9.17, 15) is 5.26 Å². The predicted octanol–water partition coefficient (Wildman–Crippen LogP) is 3.87. The van der Waals surface area contributed by atoms with Crippen LogP contribution in [0.4, 0.5) is 5.82 Å². The van der Waals surface area contributed by atoms with Gasteiger partial charge in [-0.25, -0.2) is 0 Å². The summed E-state index contributed by atoms with van der Waals surface area (Å²) in [6, 6.07) is 10.7. The van der Waals surface area contributed by atoms with Gasteiger partial charge in [0.2, 0.25) is 0 Å². The van der Waals surface area contributed by atoms with Crippen molar-refractivity contribution in [1.82, 2.24) is 10.2 Å². The topological polar surface area (TPSA) is 62.0 Å². The zero-order valence-electron chi connectivity index (χ0n) is 15.8. The van der Waals surface area contributed by atoms with Crippen molar-refractivity contribution in [3.63, 3.8) is 0 Å². The van der Waals surface area contributed by atoms with Crippen LogP contribution in [-0.4, -0.2) is 30.4 Å². The highest BCUT2D eigenvalue weighted by Crippen LogP contribution is 2.33. The first-order valence-corrected chi connectivity index (χ1v) is 9.39. The van der Waals surface area contributed by atoms with Gasteiger partial charge in [-0.2, -0.15) is 10.4 Å². The number of piperidine rings is 1. The second kappa shape index (κ2) is 8.18. The third-order valence-corrected chi connectivity index (χ3v) is 5.30. The van der Waals surface area contributed by atoms with Gasteiger partial charge in [-0.3, -0.25) is 0 Å². The average Bonchev–Trinajstić information content (AvgIpc) is 2.72. The van der Waals surface area contributed by atoms with Crippen LogP contribution in [0.3, 0.4) is 0 Å². The van der Waals surface area contributed by atoms with E-state index in [0.717, 1.165) is 61.6 Å². The summed E-state index contributed by atoms with van der Waals surface area (Å²) in [5.41, 5.74) is 4.03. The highest BCUT2D eigenvalue weighted by molar-refractivity contribution is 5.58. The molecular formula is C21H26N4O. The van der Waals surface area contributed by atoms with Crippen molar-refractivity contribution in [2.75, 3.05) is 25.1 Å². The molecule has 3 rings (SSSR count). The summed E-state index contributed by atoms with van der Waals surface area (Å²) in [6.07, 6.45) is 3.70. The normalized spacial score (nSPS) is 14.9. The van der Waals surface area contributed by atoms with E-state index >= 15 is 0 Å². The lowest BCUT2D eigenvalue weighted by atomic mass is 9.89. The molecule has 2 heterocycles. The number of rotatable bonds is 5. The second-order valence-corrected chi connectivity index (χ2v) is 6.68. The van der Waals surface area contributed by atoms with Crippen molar-refractivity contribution in [2.24, 2.45) is 0 Å². The fraction of sp³-hybridized carbons (Fsp3) is 0.476. The average molecular weight is 350 g/mol. The standard InChI is InChI=1S/C21H26N4O/c1-4-18-19(14-22)21(24-23-20(18)5-2)25-11-9-15(10-12-25)16-7-6-8-17(13-16)26-3/h6-8,13,15H,4-5,9-12H2,1-3H3. The summed E-state index contributed by atoms with van der Waals surface area (Å²) in [7, 11) is 1.70. The first-order chi connectivity index (χ1) is 12.7. The number of aromatic nitrogens is 2. The smallest absolute Gasteiger partial charge is 0.169 e. The zero-order chi connectivity index (χ0) is 18.5. The fourth-order valence-electron chi connectivity index (χ4n) is 3.82. The van der Waals surface area contributed by atoms with Crippen LogP contribution in [-0.2, 0) is 12.8 Å². The lowest BCUT2D eigenvalue weighted by Gasteiger charge is -2.33. The number of hydrogen-bond acceptors (Lipinski definition) is 5. The second-order valence-electron chi connectivity index (χ2n) is 6.68. The molecule has 0 amide bonds. The first-order valence-electron chi connectivity index (χ1n) is 9.39. The zero-order valence-corrected chi connectivity index (χ0v) is 15.8. The maximum Gasteiger partial charge on any atom is 0.169 e. The van der Waals surface area contributed by atoms with E-state index in [0.29, 0.717) is 11.5 Å². The molecule has 0 unspecified atom stereocenters. The van der Waals surface area contributed by atoms with E-state index in [1.165, 1.54) is 5.56 Å². The first kappa shape index (κ1) is 18.2. The minimum atomic E-state index is 0.514. The van der Waals surface area contributed by atoms with Gasteiger partial charge in [-0.05, 0) is 54.9 Å². The van der Waals surface area contributed by atoms with Crippen LogP contribution in [0.5, 0.6) is 5.75 Å². The lowest BCUT2D eigenvalue weighted by Crippen LogP contribution is -2.34. The van der Waals surface area contributed by atoms with Crippen LogP contribution >= 0.6 is 0 Å². The molecule has 1 fully saturated rings. The van der Waals surface area contributed by atoms with Crippen molar-refractivity contribution in [3.05, 3.63) is 46.6 Å². The van der Waals surface area contributed by atoms with Gasteiger partial charge in [0.25, 0.3) is 0 Å². The molecular weight excluding hydrogens is 324 g/mol. The Kier molecular flexibility index (Phi) is 5.72. The summed E-state index contributed by atoms with van der Waals surface area (Å²) >= 11 is 0. The van der Waals surface area contributed by atoms with Crippen LogP contribution in [0.15, 0.2) is 24.3 Å². The summed E-state index contributed by atoms with van der Waals surface area (Å²) in [4.78, 5) is 2.22. The van der Waals surface area contributed by atoms with Crippen molar-refractivity contribution in [2.45, 2.75) is 45.4 Å². The van der Waals surface area contributed by atoms with E-state index in [4.69, 9.17) is 4.74 Å². The summed E-state index contributed by atoms with van der Waals surface area (Å²) in [6.45, 7) is 5.92. The number of benzene rings is 1. The van der Waals surface area contributed by atoms with E-state index in [2.05, 4.69) is 53.2 Å². The van der Waals surface area contributed by atoms with Crippen molar-refractivity contribution in [3.8, 4) is 11.8 Å². The maximum atomic E-state index is 9.71. The van der Waals surface area contributed by atoms with E-state index in [-0.39, 0.29) is 0 Å². The van der Waals surface area contributed by atoms with Crippen molar-refractivity contribution in [1.29, 1.82) is 5.26 Å². The number of nitriles is 1. The number of aryl methyl sites for hydroxylation is 1. The predicted molar refractivity (Wildman–Crippen MR) is 103 cm³/mol. The summed E-state index contributed by atoms with van der Waals surface area (Å²) in [5.74, 6) is 2.18. The highest BCUT2D eigenvalue weighted by Gasteiger charge is 2.25. The molecule has 1 aliphatic heterocycles. The van der Waals surface area contributed by atoms with Gasteiger partial charge in [-0.1, -0.05) is 26.0 Å². The molecule has 0 bridgehead atoms. The Balaban J connectivity index is 1.79. The van der Waals surface area contributed by atoms with Gasteiger partial charge in [0.1, 0.15) is 17.4 Å². The minimum Gasteiger partial charge on any atom is -0.497 e. The highest BCUT2D eigenvalue weighted by atomic mass is 16.5. The van der Waals surface area contributed by atoms with Crippen molar-refractivity contribution >= 4 is 5.82 Å². The molecule has 1 aliphatic rings. The van der Waals surface area contributed by atoms with Crippen molar-refractivity contribution < 1.29 is 4.74 Å². The Bertz CT molecular complexity index is 804. The lowest BCUT2D eigenvalue weighted by molar-refractivity contribution is 0.412. The molecule has 0 radical (unpaired) electrons. The van der Waals surface area contributed by atoms with Gasteiger partial charge in [0, 0.05) is 13.1 Å². The summed E-state index contributed by atoms with van der Waals surface area (Å²) in [5, 5.41) is 18.5. The number of anilines is 1. The third kappa shape index (κ3) is 3.50. The number of hydrogen-bond donors (Lipinski definition) is 0. The molecule has 26 heavy (non-hydrogen) atoms. The van der Waals surface area contributed by atoms with Gasteiger partial charge >= 0.3 is 0 Å². The Morgan fingerprint density at radius 3 is 2.58 bits per heavy atom. The molecule has 2 aromatic rings. The number of methoxy groups -OCH3 is 1. The molecule has 0 atom stereocenters. The fourth-order valence-corrected chi connectivity index (χ4v) is 3.82. The van der Waals surface area contributed by atoms with Crippen LogP contribution in [0.25, 0.3) is 0 Å². The molecule has 1 aromatic carbocycles. The summed E-state index contributed by atoms with van der Waals surface area (Å²) < 4.78 is 5.35. The Morgan fingerprint density at radius 2 is 1.96 bits per heavy atom. The third-order valence-electron chi connectivity index (χ3n) is 5.30. The Hall–Kier alpha value is -2.61. The molecule has 136 valence electrons. The molecule has 1 saturated heterocycles. The van der Waals surface area contributed by atoms with Crippen LogP contribution in [0, 0.1) is 11.3 Å². The molecule has 0 saturated carbocycles. The minimum absolute atomic E-state index is 0.514. The Morgan fingerprint density at radius 1 is 1.19 bits per heavy atom. The van der Waals surface area contributed by atoms with E-state index in [1.54, 1.807) is 7.11 Å². The number of nitrogens with zero attached hydrogens (tertiary/aromatic N) is 4. The molecule has 5 nitrogen and oxygen atoms in total. The van der Waals surface area contributed by atoms with Gasteiger partial charge < -0.3 is 9.64 Å². The van der Waals surface area contributed by atoms with Gasteiger partial charge in [-0.15, -0.1) is 5.10 Å². The number of ether oxygens (including phenoxy) is 1.